The maximum atomic E-state index is 8.68. The van der Waals surface area contributed by atoms with Crippen LogP contribution in [0.15, 0.2) is 4.99 Å². The summed E-state index contributed by atoms with van der Waals surface area (Å²) < 4.78 is 0. The van der Waals surface area contributed by atoms with Gasteiger partial charge < -0.3 is 5.11 Å². The molecule has 0 aromatic rings. The molecule has 0 saturated heterocycles. The lowest BCUT2D eigenvalue weighted by molar-refractivity contribution is 0.0771. The molecule has 0 amide bonds. The van der Waals surface area contributed by atoms with E-state index in [1.54, 1.807) is 0 Å². The van der Waals surface area contributed by atoms with E-state index in [9.17, 15) is 0 Å². The minimum Gasteiger partial charge on any atom is -0.396 e. The topological polar surface area (TPSA) is 39.1 Å². The monoisotopic (exact) mass is 226 g/mol. The van der Waals surface area contributed by atoms with Crippen LogP contribution in [-0.2, 0) is 0 Å². The summed E-state index contributed by atoms with van der Waals surface area (Å²) in [6, 6.07) is 0. The van der Waals surface area contributed by atoms with Crippen LogP contribution in [0.1, 0.15) is 39.5 Å². The quantitative estimate of drug-likeness (QED) is 0.640. The van der Waals surface area contributed by atoms with Crippen molar-refractivity contribution in [3.8, 4) is 0 Å². The zero-order valence-electron chi connectivity index (χ0n) is 10.5. The third-order valence-electron chi connectivity index (χ3n) is 2.62. The van der Waals surface area contributed by atoms with Crippen LogP contribution < -0.4 is 0 Å². The molecule has 0 bridgehead atoms. The molecule has 93 valence electrons. The lowest BCUT2D eigenvalue weighted by atomic mass is 10.2. The van der Waals surface area contributed by atoms with Crippen molar-refractivity contribution < 1.29 is 5.11 Å². The second-order valence-electron chi connectivity index (χ2n) is 4.61. The van der Waals surface area contributed by atoms with Crippen LogP contribution in [0.4, 0.5) is 0 Å². The predicted octanol–water partition coefficient (Wildman–Crippen LogP) is 1.67. The average Bonchev–Trinajstić information content (AvgIpc) is 2.64. The van der Waals surface area contributed by atoms with Crippen LogP contribution >= 0.6 is 0 Å². The largest absolute Gasteiger partial charge is 0.396 e. The number of aliphatic hydroxyl groups is 1. The van der Waals surface area contributed by atoms with Crippen molar-refractivity contribution in [1.82, 2.24) is 10.0 Å². The van der Waals surface area contributed by atoms with Gasteiger partial charge in [0.2, 0.25) is 0 Å². The molecular formula is C12H24N3O. The summed E-state index contributed by atoms with van der Waals surface area (Å²) >= 11 is 0. The summed E-state index contributed by atoms with van der Waals surface area (Å²) in [6.07, 6.45) is 6.36. The molecule has 0 unspecified atom stereocenters. The van der Waals surface area contributed by atoms with E-state index in [0.717, 1.165) is 32.6 Å². The minimum atomic E-state index is 0.321. The number of hydrogen-bond acceptors (Lipinski definition) is 4. The third kappa shape index (κ3) is 4.94. The first kappa shape index (κ1) is 13.5. The van der Waals surface area contributed by atoms with E-state index >= 15 is 0 Å². The Morgan fingerprint density at radius 3 is 2.69 bits per heavy atom. The Labute approximate surface area is 98.9 Å². The minimum absolute atomic E-state index is 0.321. The van der Waals surface area contributed by atoms with Crippen molar-refractivity contribution >= 4 is 6.34 Å². The predicted molar refractivity (Wildman–Crippen MR) is 66.9 cm³/mol. The van der Waals surface area contributed by atoms with Gasteiger partial charge in [0, 0.05) is 19.7 Å². The third-order valence-corrected chi connectivity index (χ3v) is 2.62. The van der Waals surface area contributed by atoms with E-state index in [1.807, 2.05) is 6.34 Å². The lowest BCUT2D eigenvalue weighted by Gasteiger charge is -2.28. The first-order valence-electron chi connectivity index (χ1n) is 6.15. The van der Waals surface area contributed by atoms with Crippen molar-refractivity contribution in [2.75, 3.05) is 26.4 Å². The number of nitrogens with zero attached hydrogens (tertiary/aromatic N) is 3. The molecule has 1 heterocycles. The molecule has 1 radical (unpaired) electrons. The zero-order valence-corrected chi connectivity index (χ0v) is 10.5. The normalized spacial score (nSPS) is 16.6. The Balaban J connectivity index is 2.12. The summed E-state index contributed by atoms with van der Waals surface area (Å²) in [5.74, 6) is 1.41. The van der Waals surface area contributed by atoms with Gasteiger partial charge in [-0.05, 0) is 18.8 Å². The highest BCUT2D eigenvalue weighted by molar-refractivity contribution is 5.55. The van der Waals surface area contributed by atoms with Crippen molar-refractivity contribution in [3.05, 3.63) is 5.92 Å². The van der Waals surface area contributed by atoms with Gasteiger partial charge in [-0.2, -0.15) is 5.01 Å². The smallest absolute Gasteiger partial charge is 0.110 e. The van der Waals surface area contributed by atoms with Crippen molar-refractivity contribution in [1.29, 1.82) is 0 Å². The highest BCUT2D eigenvalue weighted by atomic mass is 16.2. The van der Waals surface area contributed by atoms with Crippen molar-refractivity contribution in [2.24, 2.45) is 4.99 Å². The fraction of sp³-hybridized carbons (Fsp3) is 0.833. The number of unbranched alkanes of at least 4 members (excludes halogenated alkanes) is 3. The summed E-state index contributed by atoms with van der Waals surface area (Å²) in [4.78, 5) is 4.29. The Hall–Kier alpha value is -0.610. The van der Waals surface area contributed by atoms with Crippen LogP contribution in [0.3, 0.4) is 0 Å². The fourth-order valence-electron chi connectivity index (χ4n) is 1.82. The molecule has 1 rings (SSSR count). The maximum absolute atomic E-state index is 8.68. The van der Waals surface area contributed by atoms with Crippen LogP contribution in [-0.4, -0.2) is 47.8 Å². The van der Waals surface area contributed by atoms with Gasteiger partial charge in [-0.1, -0.05) is 26.7 Å². The SMILES string of the molecule is C[C](C)CN1CN=CN1CCCCCCO. The van der Waals surface area contributed by atoms with Crippen LogP contribution in [0.25, 0.3) is 0 Å². The molecule has 0 fully saturated rings. The molecule has 1 N–H and O–H groups in total. The van der Waals surface area contributed by atoms with Crippen LogP contribution in [0.2, 0.25) is 0 Å². The van der Waals surface area contributed by atoms with Gasteiger partial charge in [-0.3, -0.25) is 10.0 Å². The fourth-order valence-corrected chi connectivity index (χ4v) is 1.82. The second kappa shape index (κ2) is 7.63. The van der Waals surface area contributed by atoms with Gasteiger partial charge in [0.1, 0.15) is 13.0 Å². The Morgan fingerprint density at radius 2 is 2.00 bits per heavy atom. The maximum Gasteiger partial charge on any atom is 0.110 e. The average molecular weight is 226 g/mol. The van der Waals surface area contributed by atoms with Crippen molar-refractivity contribution in [3.63, 3.8) is 0 Å². The Morgan fingerprint density at radius 1 is 1.25 bits per heavy atom. The number of hydrogen-bond donors (Lipinski definition) is 1. The highest BCUT2D eigenvalue weighted by Crippen LogP contribution is 2.10. The molecule has 0 saturated carbocycles. The summed E-state index contributed by atoms with van der Waals surface area (Å²) in [7, 11) is 0. The summed E-state index contributed by atoms with van der Waals surface area (Å²) in [5, 5.41) is 13.2. The molecule has 0 spiro atoms. The Bertz CT molecular complexity index is 206. The number of rotatable bonds is 8. The van der Waals surface area contributed by atoms with E-state index in [4.69, 9.17) is 5.11 Å². The van der Waals surface area contributed by atoms with Gasteiger partial charge >= 0.3 is 0 Å². The van der Waals surface area contributed by atoms with Crippen molar-refractivity contribution in [2.45, 2.75) is 39.5 Å². The standard InChI is InChI=1S/C12H24N3O/c1-12(2)9-15-11-13-10-14(15)7-5-3-4-6-8-16/h10,16H,3-9,11H2,1-2H3. The van der Waals surface area contributed by atoms with Gasteiger partial charge in [-0.15, -0.1) is 0 Å². The van der Waals surface area contributed by atoms with Gasteiger partial charge in [0.15, 0.2) is 0 Å². The molecule has 1 aliphatic rings. The first-order valence-corrected chi connectivity index (χ1v) is 6.15. The van der Waals surface area contributed by atoms with E-state index in [1.165, 1.54) is 18.8 Å². The molecule has 1 aliphatic heterocycles. The summed E-state index contributed by atoms with van der Waals surface area (Å²) in [5.41, 5.74) is 0. The van der Waals surface area contributed by atoms with Gasteiger partial charge in [0.25, 0.3) is 0 Å². The number of hydrazine groups is 1. The second-order valence-corrected chi connectivity index (χ2v) is 4.61. The van der Waals surface area contributed by atoms with E-state index < -0.39 is 0 Å². The molecule has 4 nitrogen and oxygen atoms in total. The molecule has 16 heavy (non-hydrogen) atoms. The molecule has 0 aromatic heterocycles. The summed E-state index contributed by atoms with van der Waals surface area (Å²) in [6.45, 7) is 7.46. The first-order chi connectivity index (χ1) is 7.74. The van der Waals surface area contributed by atoms with E-state index in [-0.39, 0.29) is 0 Å². The number of aliphatic imine (C=N–C) groups is 1. The van der Waals surface area contributed by atoms with Gasteiger partial charge in [-0.25, -0.2) is 0 Å². The molecule has 0 aromatic carbocycles. The number of aliphatic hydroxyl groups excluding tert-OH is 1. The van der Waals surface area contributed by atoms with E-state index in [2.05, 4.69) is 28.9 Å². The van der Waals surface area contributed by atoms with Crippen LogP contribution in [0.5, 0.6) is 0 Å². The highest BCUT2D eigenvalue weighted by Gasteiger charge is 2.17. The van der Waals surface area contributed by atoms with E-state index in [0.29, 0.717) is 6.61 Å². The lowest BCUT2D eigenvalue weighted by Crippen LogP contribution is -2.39. The Kier molecular flexibility index (Phi) is 6.42. The molecule has 4 heteroatoms. The molecular weight excluding hydrogens is 202 g/mol. The van der Waals surface area contributed by atoms with Gasteiger partial charge in [0.05, 0.1) is 0 Å². The molecule has 0 aliphatic carbocycles. The molecule has 0 atom stereocenters. The van der Waals surface area contributed by atoms with Crippen LogP contribution in [0, 0.1) is 5.92 Å². The zero-order chi connectivity index (χ0) is 11.8.